The van der Waals surface area contributed by atoms with Crippen molar-refractivity contribution in [2.24, 2.45) is 5.92 Å². The van der Waals surface area contributed by atoms with E-state index in [1.54, 1.807) is 6.92 Å². The first kappa shape index (κ1) is 12.1. The van der Waals surface area contributed by atoms with E-state index < -0.39 is 0 Å². The topological polar surface area (TPSA) is 74.7 Å². The molecule has 1 N–H and O–H groups in total. The van der Waals surface area contributed by atoms with Gasteiger partial charge in [0, 0.05) is 6.54 Å². The van der Waals surface area contributed by atoms with Gasteiger partial charge < -0.3 is 5.11 Å². The van der Waals surface area contributed by atoms with Crippen LogP contribution in [-0.2, 0) is 19.4 Å². The van der Waals surface area contributed by atoms with Crippen LogP contribution in [0.4, 0.5) is 0 Å². The summed E-state index contributed by atoms with van der Waals surface area (Å²) in [5.74, 6) is 0.747. The molecule has 1 unspecified atom stereocenters. The first-order chi connectivity index (χ1) is 8.20. The fourth-order valence-corrected chi connectivity index (χ4v) is 1.89. The third kappa shape index (κ3) is 3.27. The maximum Gasteiger partial charge on any atom is 0.0999 e. The number of nitriles is 1. The number of aliphatic hydroxyl groups excluding tert-OH is 1. The van der Waals surface area contributed by atoms with Gasteiger partial charge in [0.1, 0.15) is 0 Å². The van der Waals surface area contributed by atoms with E-state index >= 15 is 0 Å². The van der Waals surface area contributed by atoms with Crippen molar-refractivity contribution in [1.82, 2.24) is 15.0 Å². The Labute approximate surface area is 101 Å². The summed E-state index contributed by atoms with van der Waals surface area (Å²) in [5.41, 5.74) is 1.90. The van der Waals surface area contributed by atoms with Gasteiger partial charge in [-0.1, -0.05) is 5.21 Å². The monoisotopic (exact) mass is 234 g/mol. The highest BCUT2D eigenvalue weighted by Gasteiger charge is 2.25. The predicted molar refractivity (Wildman–Crippen MR) is 62.1 cm³/mol. The van der Waals surface area contributed by atoms with Crippen LogP contribution >= 0.6 is 0 Å². The van der Waals surface area contributed by atoms with E-state index in [1.165, 1.54) is 12.8 Å². The van der Waals surface area contributed by atoms with E-state index in [-0.39, 0.29) is 6.10 Å². The van der Waals surface area contributed by atoms with Crippen molar-refractivity contribution in [2.75, 3.05) is 0 Å². The minimum Gasteiger partial charge on any atom is -0.393 e. The average Bonchev–Trinajstić information content (AvgIpc) is 3.01. The van der Waals surface area contributed by atoms with Crippen molar-refractivity contribution < 1.29 is 5.11 Å². The minimum atomic E-state index is -0.326. The van der Waals surface area contributed by atoms with Crippen LogP contribution in [0.2, 0.25) is 0 Å². The molecular weight excluding hydrogens is 216 g/mol. The summed E-state index contributed by atoms with van der Waals surface area (Å²) in [5, 5.41) is 26.2. The quantitative estimate of drug-likeness (QED) is 0.798. The molecule has 2 rings (SSSR count). The molecule has 5 heteroatoms. The van der Waals surface area contributed by atoms with Crippen LogP contribution in [0.5, 0.6) is 0 Å². The minimum absolute atomic E-state index is 0.326. The van der Waals surface area contributed by atoms with Crippen LogP contribution in [0.15, 0.2) is 0 Å². The van der Waals surface area contributed by atoms with Crippen molar-refractivity contribution in [3.8, 4) is 6.07 Å². The van der Waals surface area contributed by atoms with Gasteiger partial charge in [-0.3, -0.25) is 0 Å². The fraction of sp³-hybridized carbons (Fsp3) is 0.750. The highest BCUT2D eigenvalue weighted by molar-refractivity contribution is 5.16. The molecular formula is C12H18N4O. The molecule has 0 saturated heterocycles. The molecule has 0 amide bonds. The lowest BCUT2D eigenvalue weighted by Crippen LogP contribution is -2.12. The molecule has 0 spiro atoms. The van der Waals surface area contributed by atoms with Gasteiger partial charge >= 0.3 is 0 Å². The van der Waals surface area contributed by atoms with Gasteiger partial charge in [0.15, 0.2) is 0 Å². The molecule has 0 aliphatic heterocycles. The van der Waals surface area contributed by atoms with Crippen LogP contribution in [0.25, 0.3) is 0 Å². The summed E-state index contributed by atoms with van der Waals surface area (Å²) >= 11 is 0. The molecule has 1 atom stereocenters. The maximum atomic E-state index is 9.30. The Morgan fingerprint density at radius 1 is 1.59 bits per heavy atom. The molecule has 0 aromatic carbocycles. The van der Waals surface area contributed by atoms with Crippen LogP contribution in [0, 0.1) is 17.2 Å². The Hall–Kier alpha value is -1.41. The zero-order chi connectivity index (χ0) is 12.3. The van der Waals surface area contributed by atoms with Gasteiger partial charge in [0.2, 0.25) is 0 Å². The lowest BCUT2D eigenvalue weighted by Gasteiger charge is -2.08. The Balaban J connectivity index is 2.09. The zero-order valence-corrected chi connectivity index (χ0v) is 10.1. The molecule has 0 radical (unpaired) electrons. The summed E-state index contributed by atoms with van der Waals surface area (Å²) in [6.45, 7) is 2.45. The number of rotatable bonds is 6. The second-order valence-corrected chi connectivity index (χ2v) is 4.83. The third-order valence-electron chi connectivity index (χ3n) is 3.10. The van der Waals surface area contributed by atoms with Crippen molar-refractivity contribution in [2.45, 2.75) is 51.7 Å². The molecule has 0 bridgehead atoms. The van der Waals surface area contributed by atoms with Crippen LogP contribution in [0.1, 0.15) is 37.6 Å². The van der Waals surface area contributed by atoms with Gasteiger partial charge in [-0.25, -0.2) is 4.68 Å². The number of aliphatic hydroxyl groups is 1. The standard InChI is InChI=1S/C12H18N4O/c1-9(17)5-7-16-12(8-10-2-3-10)11(4-6-13)14-15-16/h9-10,17H,2-5,7-8H2,1H3. The number of aromatic nitrogens is 3. The molecule has 1 heterocycles. The van der Waals surface area contributed by atoms with Crippen molar-refractivity contribution in [1.29, 1.82) is 5.26 Å². The first-order valence-electron chi connectivity index (χ1n) is 6.17. The van der Waals surface area contributed by atoms with E-state index in [9.17, 15) is 5.11 Å². The van der Waals surface area contributed by atoms with Crippen molar-refractivity contribution in [3.05, 3.63) is 11.4 Å². The molecule has 17 heavy (non-hydrogen) atoms. The number of hydrogen-bond donors (Lipinski definition) is 1. The molecule has 5 nitrogen and oxygen atoms in total. The lowest BCUT2D eigenvalue weighted by molar-refractivity contribution is 0.175. The highest BCUT2D eigenvalue weighted by Crippen LogP contribution is 2.33. The van der Waals surface area contributed by atoms with E-state index in [1.807, 2.05) is 4.68 Å². The second kappa shape index (κ2) is 5.28. The van der Waals surface area contributed by atoms with Gasteiger partial charge in [-0.15, -0.1) is 5.10 Å². The second-order valence-electron chi connectivity index (χ2n) is 4.83. The number of hydrogen-bond acceptors (Lipinski definition) is 4. The predicted octanol–water partition coefficient (Wildman–Crippen LogP) is 1.07. The molecule has 1 aliphatic carbocycles. The van der Waals surface area contributed by atoms with Gasteiger partial charge in [0.05, 0.1) is 30.0 Å². The van der Waals surface area contributed by atoms with Crippen molar-refractivity contribution in [3.63, 3.8) is 0 Å². The van der Waals surface area contributed by atoms with E-state index in [4.69, 9.17) is 5.26 Å². The smallest absolute Gasteiger partial charge is 0.0999 e. The third-order valence-corrected chi connectivity index (χ3v) is 3.10. The molecule has 1 saturated carbocycles. The highest BCUT2D eigenvalue weighted by atomic mass is 16.3. The van der Waals surface area contributed by atoms with E-state index in [0.29, 0.717) is 19.4 Å². The average molecular weight is 234 g/mol. The zero-order valence-electron chi connectivity index (χ0n) is 10.1. The number of aryl methyl sites for hydroxylation is 1. The SMILES string of the molecule is CC(O)CCn1nnc(CC#N)c1CC1CC1. The molecule has 92 valence electrons. The van der Waals surface area contributed by atoms with Crippen molar-refractivity contribution >= 4 is 0 Å². The largest absolute Gasteiger partial charge is 0.393 e. The van der Waals surface area contributed by atoms with Gasteiger partial charge in [-0.2, -0.15) is 5.26 Å². The summed E-state index contributed by atoms with van der Waals surface area (Å²) in [7, 11) is 0. The summed E-state index contributed by atoms with van der Waals surface area (Å²) in [6, 6.07) is 2.13. The Kier molecular flexibility index (Phi) is 3.75. The normalized spacial score (nSPS) is 16.8. The lowest BCUT2D eigenvalue weighted by atomic mass is 10.1. The van der Waals surface area contributed by atoms with Gasteiger partial charge in [-0.05, 0) is 38.5 Å². The molecule has 1 aromatic rings. The molecule has 1 fully saturated rings. The summed E-state index contributed by atoms with van der Waals surface area (Å²) < 4.78 is 1.86. The van der Waals surface area contributed by atoms with Crippen LogP contribution < -0.4 is 0 Å². The van der Waals surface area contributed by atoms with E-state index in [2.05, 4.69) is 16.4 Å². The first-order valence-corrected chi connectivity index (χ1v) is 6.17. The molecule has 1 aromatic heterocycles. The molecule has 1 aliphatic rings. The summed E-state index contributed by atoms with van der Waals surface area (Å²) in [4.78, 5) is 0. The Morgan fingerprint density at radius 2 is 2.35 bits per heavy atom. The van der Waals surface area contributed by atoms with E-state index in [0.717, 1.165) is 23.7 Å². The van der Waals surface area contributed by atoms with Gasteiger partial charge in [0.25, 0.3) is 0 Å². The summed E-state index contributed by atoms with van der Waals surface area (Å²) in [6.07, 6.45) is 4.20. The van der Waals surface area contributed by atoms with Crippen LogP contribution in [0.3, 0.4) is 0 Å². The maximum absolute atomic E-state index is 9.30. The Bertz CT molecular complexity index is 415. The van der Waals surface area contributed by atoms with Crippen LogP contribution in [-0.4, -0.2) is 26.2 Å². The number of nitrogens with zero attached hydrogens (tertiary/aromatic N) is 4. The Morgan fingerprint density at radius 3 is 2.94 bits per heavy atom. The fourth-order valence-electron chi connectivity index (χ4n) is 1.89.